The maximum atomic E-state index is 13.0. The predicted molar refractivity (Wildman–Crippen MR) is 66.9 cm³/mol. The molecule has 1 unspecified atom stereocenters. The third-order valence-corrected chi connectivity index (χ3v) is 3.27. The highest BCUT2D eigenvalue weighted by molar-refractivity contribution is 5.94. The number of rotatable bonds is 4. The fourth-order valence-electron chi connectivity index (χ4n) is 2.17. The molecule has 1 fully saturated rings. The molecular formula is C14H16F3NO2. The fourth-order valence-corrected chi connectivity index (χ4v) is 2.17. The molecule has 1 heterocycles. The first-order chi connectivity index (χ1) is 9.58. The summed E-state index contributed by atoms with van der Waals surface area (Å²) in [5, 5.41) is 2.55. The van der Waals surface area contributed by atoms with E-state index in [1.807, 2.05) is 0 Å². The molecule has 0 aromatic heterocycles. The molecule has 1 aliphatic rings. The zero-order valence-electron chi connectivity index (χ0n) is 10.9. The van der Waals surface area contributed by atoms with Crippen LogP contribution < -0.4 is 5.32 Å². The van der Waals surface area contributed by atoms with E-state index in [4.69, 9.17) is 4.74 Å². The van der Waals surface area contributed by atoms with Gasteiger partial charge in [-0.05, 0) is 37.8 Å². The Morgan fingerprint density at radius 3 is 2.55 bits per heavy atom. The summed E-state index contributed by atoms with van der Waals surface area (Å²) in [6.45, 7) is 1.08. The second kappa shape index (κ2) is 6.74. The summed E-state index contributed by atoms with van der Waals surface area (Å²) < 4.78 is 44.3. The van der Waals surface area contributed by atoms with Crippen LogP contribution in [0.2, 0.25) is 0 Å². The maximum Gasteiger partial charge on any atom is 0.251 e. The van der Waals surface area contributed by atoms with Crippen molar-refractivity contribution in [2.24, 2.45) is 0 Å². The van der Waals surface area contributed by atoms with Gasteiger partial charge in [0.25, 0.3) is 5.91 Å². The van der Waals surface area contributed by atoms with E-state index >= 15 is 0 Å². The molecule has 1 saturated heterocycles. The van der Waals surface area contributed by atoms with E-state index in [-0.39, 0.29) is 11.7 Å². The van der Waals surface area contributed by atoms with Gasteiger partial charge in [0.05, 0.1) is 6.10 Å². The minimum Gasteiger partial charge on any atom is -0.378 e. The Hall–Kier alpha value is -1.56. The first-order valence-electron chi connectivity index (χ1n) is 6.62. The molecule has 20 heavy (non-hydrogen) atoms. The van der Waals surface area contributed by atoms with Gasteiger partial charge in [0.1, 0.15) is 0 Å². The molecule has 3 nitrogen and oxygen atoms in total. The van der Waals surface area contributed by atoms with E-state index in [1.165, 1.54) is 0 Å². The third kappa shape index (κ3) is 3.72. The van der Waals surface area contributed by atoms with Crippen LogP contribution in [-0.2, 0) is 4.74 Å². The molecule has 6 heteroatoms. The number of nitrogens with one attached hydrogen (secondary N) is 1. The number of benzene rings is 1. The topological polar surface area (TPSA) is 38.3 Å². The molecule has 1 aromatic rings. The van der Waals surface area contributed by atoms with Crippen molar-refractivity contribution < 1.29 is 22.7 Å². The molecule has 2 rings (SSSR count). The highest BCUT2D eigenvalue weighted by atomic mass is 19.2. The van der Waals surface area contributed by atoms with E-state index < -0.39 is 23.4 Å². The van der Waals surface area contributed by atoms with E-state index in [9.17, 15) is 18.0 Å². The van der Waals surface area contributed by atoms with Crippen LogP contribution in [0.15, 0.2) is 12.1 Å². The molecule has 1 atom stereocenters. The van der Waals surface area contributed by atoms with Gasteiger partial charge in [-0.2, -0.15) is 0 Å². The van der Waals surface area contributed by atoms with Gasteiger partial charge in [0.15, 0.2) is 17.5 Å². The van der Waals surface area contributed by atoms with Crippen molar-refractivity contribution in [3.8, 4) is 0 Å². The summed E-state index contributed by atoms with van der Waals surface area (Å²) in [7, 11) is 0. The molecule has 0 radical (unpaired) electrons. The van der Waals surface area contributed by atoms with Gasteiger partial charge in [0, 0.05) is 18.7 Å². The monoisotopic (exact) mass is 287 g/mol. The average molecular weight is 287 g/mol. The molecular weight excluding hydrogens is 271 g/mol. The largest absolute Gasteiger partial charge is 0.378 e. The summed E-state index contributed by atoms with van der Waals surface area (Å²) in [6.07, 6.45) is 3.88. The number of amides is 1. The minimum absolute atomic E-state index is 0.116. The quantitative estimate of drug-likeness (QED) is 0.865. The van der Waals surface area contributed by atoms with Crippen LogP contribution in [0.4, 0.5) is 13.2 Å². The lowest BCUT2D eigenvalue weighted by molar-refractivity contribution is 0.0117. The van der Waals surface area contributed by atoms with Crippen molar-refractivity contribution in [1.29, 1.82) is 0 Å². The van der Waals surface area contributed by atoms with Crippen molar-refractivity contribution in [3.63, 3.8) is 0 Å². The summed E-state index contributed by atoms with van der Waals surface area (Å²) >= 11 is 0. The lowest BCUT2D eigenvalue weighted by Crippen LogP contribution is -2.29. The SMILES string of the molecule is O=C(NCCC1CCCCO1)c1cc(F)c(F)c(F)c1. The molecule has 1 N–H and O–H groups in total. The van der Waals surface area contributed by atoms with Crippen LogP contribution >= 0.6 is 0 Å². The zero-order chi connectivity index (χ0) is 14.5. The molecule has 0 aliphatic carbocycles. The van der Waals surface area contributed by atoms with Gasteiger partial charge < -0.3 is 10.1 Å². The predicted octanol–water partition coefficient (Wildman–Crippen LogP) is 2.79. The summed E-state index contributed by atoms with van der Waals surface area (Å²) in [6, 6.07) is 1.37. The molecule has 1 aliphatic heterocycles. The second-order valence-corrected chi connectivity index (χ2v) is 4.79. The lowest BCUT2D eigenvalue weighted by atomic mass is 10.1. The van der Waals surface area contributed by atoms with E-state index in [1.54, 1.807) is 0 Å². The Balaban J connectivity index is 1.85. The summed E-state index contributed by atoms with van der Waals surface area (Å²) in [5.41, 5.74) is -0.231. The number of carbonyl (C=O) groups excluding carboxylic acids is 1. The van der Waals surface area contributed by atoms with Crippen molar-refractivity contribution in [2.45, 2.75) is 31.8 Å². The van der Waals surface area contributed by atoms with Gasteiger partial charge in [0.2, 0.25) is 0 Å². The van der Waals surface area contributed by atoms with Crippen LogP contribution in [0.1, 0.15) is 36.0 Å². The Labute approximate surface area is 115 Å². The van der Waals surface area contributed by atoms with Crippen LogP contribution in [-0.4, -0.2) is 25.2 Å². The van der Waals surface area contributed by atoms with Crippen molar-refractivity contribution >= 4 is 5.91 Å². The van der Waals surface area contributed by atoms with Crippen LogP contribution in [0.5, 0.6) is 0 Å². The Bertz CT molecular complexity index is 464. The highest BCUT2D eigenvalue weighted by Crippen LogP contribution is 2.16. The van der Waals surface area contributed by atoms with Crippen LogP contribution in [0.25, 0.3) is 0 Å². The molecule has 1 aromatic carbocycles. The Morgan fingerprint density at radius 2 is 1.95 bits per heavy atom. The third-order valence-electron chi connectivity index (χ3n) is 3.27. The Kier molecular flexibility index (Phi) is 5.00. The smallest absolute Gasteiger partial charge is 0.251 e. The first-order valence-corrected chi connectivity index (χ1v) is 6.62. The molecule has 0 bridgehead atoms. The standard InChI is InChI=1S/C14H16F3NO2/c15-11-7-9(8-12(16)13(11)17)14(19)18-5-4-10-3-1-2-6-20-10/h7-8,10H,1-6H2,(H,18,19). The average Bonchev–Trinajstić information content (AvgIpc) is 2.45. The zero-order valence-corrected chi connectivity index (χ0v) is 10.9. The molecule has 110 valence electrons. The first kappa shape index (κ1) is 14.8. The van der Waals surface area contributed by atoms with Crippen molar-refractivity contribution in [3.05, 3.63) is 35.1 Å². The Morgan fingerprint density at radius 1 is 1.25 bits per heavy atom. The lowest BCUT2D eigenvalue weighted by Gasteiger charge is -2.22. The van der Waals surface area contributed by atoms with Crippen molar-refractivity contribution in [2.75, 3.05) is 13.2 Å². The highest BCUT2D eigenvalue weighted by Gasteiger charge is 2.16. The number of carbonyl (C=O) groups is 1. The number of halogens is 3. The van der Waals surface area contributed by atoms with Gasteiger partial charge >= 0.3 is 0 Å². The number of ether oxygens (including phenoxy) is 1. The van der Waals surface area contributed by atoms with E-state index in [2.05, 4.69) is 5.32 Å². The minimum atomic E-state index is -1.57. The van der Waals surface area contributed by atoms with Gasteiger partial charge in [-0.25, -0.2) is 13.2 Å². The van der Waals surface area contributed by atoms with E-state index in [0.717, 1.165) is 25.9 Å². The van der Waals surface area contributed by atoms with Crippen LogP contribution in [0.3, 0.4) is 0 Å². The summed E-state index contributed by atoms with van der Waals surface area (Å²) in [4.78, 5) is 11.7. The maximum absolute atomic E-state index is 13.0. The summed E-state index contributed by atoms with van der Waals surface area (Å²) in [5.74, 6) is -4.94. The normalized spacial score (nSPS) is 18.9. The van der Waals surface area contributed by atoms with E-state index in [0.29, 0.717) is 25.1 Å². The van der Waals surface area contributed by atoms with Gasteiger partial charge in [-0.15, -0.1) is 0 Å². The second-order valence-electron chi connectivity index (χ2n) is 4.79. The van der Waals surface area contributed by atoms with Crippen LogP contribution in [0, 0.1) is 17.5 Å². The number of hydrogen-bond donors (Lipinski definition) is 1. The van der Waals surface area contributed by atoms with Gasteiger partial charge in [-0.1, -0.05) is 0 Å². The number of hydrogen-bond acceptors (Lipinski definition) is 2. The fraction of sp³-hybridized carbons (Fsp3) is 0.500. The van der Waals surface area contributed by atoms with Crippen molar-refractivity contribution in [1.82, 2.24) is 5.32 Å². The molecule has 0 saturated carbocycles. The van der Waals surface area contributed by atoms with Gasteiger partial charge in [-0.3, -0.25) is 4.79 Å². The molecule has 1 amide bonds. The molecule has 0 spiro atoms.